The Morgan fingerprint density at radius 2 is 1.62 bits per heavy atom. The molecule has 0 atom stereocenters. The molecule has 0 unspecified atom stereocenters. The van der Waals surface area contributed by atoms with Gasteiger partial charge >= 0.3 is 0 Å². The Hall–Kier alpha value is -2.72. The number of hydrogen-bond donors (Lipinski definition) is 1. The van der Waals surface area contributed by atoms with Crippen LogP contribution in [-0.4, -0.2) is 15.1 Å². The lowest BCUT2D eigenvalue weighted by molar-refractivity contribution is 0.474. The number of aromatic hydroxyl groups is 1. The van der Waals surface area contributed by atoms with E-state index in [1.54, 1.807) is 6.20 Å². The third-order valence-electron chi connectivity index (χ3n) is 3.90. The highest BCUT2D eigenvalue weighted by Crippen LogP contribution is 2.39. The fourth-order valence-corrected chi connectivity index (χ4v) is 3.16. The molecule has 0 saturated carbocycles. The predicted octanol–water partition coefficient (Wildman–Crippen LogP) is 5.43. The van der Waals surface area contributed by atoms with Gasteiger partial charge in [0.15, 0.2) is 0 Å². The number of nitrogens with zero attached hydrogens (tertiary/aromatic N) is 2. The molecule has 4 rings (SSSR count). The van der Waals surface area contributed by atoms with E-state index in [-0.39, 0.29) is 5.75 Å². The molecular formula is C20H13BrN2O. The van der Waals surface area contributed by atoms with Gasteiger partial charge in [-0.2, -0.15) is 0 Å². The number of fused-ring (bicyclic) bond motifs is 1. The molecule has 0 radical (unpaired) electrons. The first-order valence-electron chi connectivity index (χ1n) is 7.52. The molecule has 0 aliphatic carbocycles. The van der Waals surface area contributed by atoms with E-state index >= 15 is 0 Å². The molecule has 0 fully saturated rings. The second kappa shape index (κ2) is 6.06. The normalized spacial score (nSPS) is 10.9. The lowest BCUT2D eigenvalue weighted by atomic mass is 10.0. The molecule has 4 heteroatoms. The Bertz CT molecular complexity index is 1030. The van der Waals surface area contributed by atoms with Crippen LogP contribution in [0.2, 0.25) is 0 Å². The van der Waals surface area contributed by atoms with Gasteiger partial charge in [0, 0.05) is 17.3 Å². The van der Waals surface area contributed by atoms with Crippen molar-refractivity contribution in [3.05, 3.63) is 77.4 Å². The summed E-state index contributed by atoms with van der Waals surface area (Å²) >= 11 is 3.45. The van der Waals surface area contributed by atoms with Gasteiger partial charge in [0.05, 0.1) is 21.2 Å². The maximum Gasteiger partial charge on any atom is 0.137 e. The van der Waals surface area contributed by atoms with Gasteiger partial charge in [-0.25, -0.2) is 4.98 Å². The van der Waals surface area contributed by atoms with Gasteiger partial charge in [-0.05, 0) is 57.9 Å². The number of pyridine rings is 2. The second-order valence-corrected chi connectivity index (χ2v) is 6.31. The molecule has 2 aromatic carbocycles. The molecule has 2 aromatic heterocycles. The maximum absolute atomic E-state index is 10.4. The number of phenolic OH excluding ortho intramolecular Hbond substituents is 1. The van der Waals surface area contributed by atoms with Crippen molar-refractivity contribution in [1.29, 1.82) is 0 Å². The maximum atomic E-state index is 10.4. The third-order valence-corrected chi connectivity index (χ3v) is 4.50. The van der Waals surface area contributed by atoms with Gasteiger partial charge in [0.1, 0.15) is 5.75 Å². The summed E-state index contributed by atoms with van der Waals surface area (Å²) in [6.45, 7) is 0. The Kier molecular flexibility index (Phi) is 3.75. The SMILES string of the molecule is Oc1c(Br)cc(-c2ccc3ncccc3n2)cc1-c1ccccc1. The van der Waals surface area contributed by atoms with Crippen molar-refractivity contribution in [2.75, 3.05) is 0 Å². The zero-order valence-electron chi connectivity index (χ0n) is 12.6. The van der Waals surface area contributed by atoms with Gasteiger partial charge in [0.25, 0.3) is 0 Å². The number of phenols is 1. The Labute approximate surface area is 147 Å². The Balaban J connectivity index is 1.90. The summed E-state index contributed by atoms with van der Waals surface area (Å²) in [5.74, 6) is 0.229. The van der Waals surface area contributed by atoms with Crippen molar-refractivity contribution < 1.29 is 5.11 Å². The van der Waals surface area contributed by atoms with E-state index in [0.717, 1.165) is 33.4 Å². The summed E-state index contributed by atoms with van der Waals surface area (Å²) in [6.07, 6.45) is 1.76. The zero-order chi connectivity index (χ0) is 16.5. The molecule has 2 heterocycles. The van der Waals surface area contributed by atoms with E-state index in [0.29, 0.717) is 4.47 Å². The number of aromatic nitrogens is 2. The molecule has 0 aliphatic rings. The molecule has 116 valence electrons. The molecule has 0 spiro atoms. The summed E-state index contributed by atoms with van der Waals surface area (Å²) < 4.78 is 0.645. The van der Waals surface area contributed by atoms with Gasteiger partial charge in [-0.1, -0.05) is 30.3 Å². The van der Waals surface area contributed by atoms with Crippen LogP contribution in [0.3, 0.4) is 0 Å². The zero-order valence-corrected chi connectivity index (χ0v) is 14.2. The van der Waals surface area contributed by atoms with Crippen LogP contribution in [0.4, 0.5) is 0 Å². The van der Waals surface area contributed by atoms with Gasteiger partial charge in [-0.15, -0.1) is 0 Å². The van der Waals surface area contributed by atoms with Gasteiger partial charge < -0.3 is 5.11 Å². The molecule has 0 saturated heterocycles. The highest BCUT2D eigenvalue weighted by Gasteiger charge is 2.12. The number of hydrogen-bond acceptors (Lipinski definition) is 3. The molecule has 0 amide bonds. The molecular weight excluding hydrogens is 364 g/mol. The van der Waals surface area contributed by atoms with Crippen LogP contribution in [0.15, 0.2) is 77.4 Å². The minimum atomic E-state index is 0.229. The van der Waals surface area contributed by atoms with Crippen LogP contribution in [-0.2, 0) is 0 Å². The first-order valence-corrected chi connectivity index (χ1v) is 8.32. The summed E-state index contributed by atoms with van der Waals surface area (Å²) in [5.41, 5.74) is 5.22. The second-order valence-electron chi connectivity index (χ2n) is 5.46. The Morgan fingerprint density at radius 1 is 0.792 bits per heavy atom. The van der Waals surface area contributed by atoms with Crippen LogP contribution in [0.5, 0.6) is 5.75 Å². The molecule has 4 aromatic rings. The molecule has 3 nitrogen and oxygen atoms in total. The van der Waals surface area contributed by atoms with Crippen LogP contribution in [0.1, 0.15) is 0 Å². The van der Waals surface area contributed by atoms with Gasteiger partial charge in [0.2, 0.25) is 0 Å². The van der Waals surface area contributed by atoms with Crippen LogP contribution in [0.25, 0.3) is 33.4 Å². The molecule has 1 N–H and O–H groups in total. The van der Waals surface area contributed by atoms with E-state index in [9.17, 15) is 5.11 Å². The average Bonchev–Trinajstić information content (AvgIpc) is 2.64. The molecule has 0 aliphatic heterocycles. The van der Waals surface area contributed by atoms with Crippen LogP contribution >= 0.6 is 15.9 Å². The van der Waals surface area contributed by atoms with Crippen molar-refractivity contribution in [2.24, 2.45) is 0 Å². The lowest BCUT2D eigenvalue weighted by Gasteiger charge is -2.10. The molecule has 0 bridgehead atoms. The third kappa shape index (κ3) is 2.65. The minimum absolute atomic E-state index is 0.229. The topological polar surface area (TPSA) is 46.0 Å². The highest BCUT2D eigenvalue weighted by molar-refractivity contribution is 9.10. The first kappa shape index (κ1) is 14.8. The standard InChI is InChI=1S/C20H13BrN2O/c21-16-12-14(11-15(20(16)24)13-5-2-1-3-6-13)17-8-9-18-19(23-17)7-4-10-22-18/h1-12,24H. The lowest BCUT2D eigenvalue weighted by Crippen LogP contribution is -1.89. The largest absolute Gasteiger partial charge is 0.506 e. The summed E-state index contributed by atoms with van der Waals surface area (Å²) in [7, 11) is 0. The minimum Gasteiger partial charge on any atom is -0.506 e. The van der Waals surface area contributed by atoms with Crippen molar-refractivity contribution in [3.63, 3.8) is 0 Å². The van der Waals surface area contributed by atoms with E-state index in [4.69, 9.17) is 0 Å². The number of halogens is 1. The average molecular weight is 377 g/mol. The summed E-state index contributed by atoms with van der Waals surface area (Å²) in [5, 5.41) is 10.4. The van der Waals surface area contributed by atoms with Gasteiger partial charge in [-0.3, -0.25) is 4.98 Å². The van der Waals surface area contributed by atoms with Crippen molar-refractivity contribution in [1.82, 2.24) is 9.97 Å². The van der Waals surface area contributed by atoms with E-state index in [1.807, 2.05) is 66.7 Å². The molecule has 24 heavy (non-hydrogen) atoms. The van der Waals surface area contributed by atoms with E-state index in [1.165, 1.54) is 0 Å². The summed E-state index contributed by atoms with van der Waals surface area (Å²) in [4.78, 5) is 8.99. The monoisotopic (exact) mass is 376 g/mol. The Morgan fingerprint density at radius 3 is 2.46 bits per heavy atom. The quantitative estimate of drug-likeness (QED) is 0.507. The number of benzene rings is 2. The fourth-order valence-electron chi connectivity index (χ4n) is 2.70. The number of rotatable bonds is 2. The smallest absolute Gasteiger partial charge is 0.137 e. The van der Waals surface area contributed by atoms with Crippen LogP contribution < -0.4 is 0 Å². The van der Waals surface area contributed by atoms with Crippen molar-refractivity contribution in [3.8, 4) is 28.1 Å². The predicted molar refractivity (Wildman–Crippen MR) is 99.8 cm³/mol. The first-order chi connectivity index (χ1) is 11.7. The highest BCUT2D eigenvalue weighted by atomic mass is 79.9. The van der Waals surface area contributed by atoms with E-state index < -0.39 is 0 Å². The van der Waals surface area contributed by atoms with Crippen molar-refractivity contribution >= 4 is 27.0 Å². The fraction of sp³-hybridized carbons (Fsp3) is 0. The van der Waals surface area contributed by atoms with E-state index in [2.05, 4.69) is 25.9 Å². The van der Waals surface area contributed by atoms with Crippen molar-refractivity contribution in [2.45, 2.75) is 0 Å². The van der Waals surface area contributed by atoms with Crippen LogP contribution in [0, 0.1) is 0 Å². The summed E-state index contributed by atoms with van der Waals surface area (Å²) in [6, 6.07) is 21.4.